The summed E-state index contributed by atoms with van der Waals surface area (Å²) in [6.45, 7) is 5.43. The maximum atomic E-state index is 5.70. The Hall–Kier alpha value is -2.73. The van der Waals surface area contributed by atoms with Crippen molar-refractivity contribution in [3.05, 3.63) is 70.9 Å². The number of hydrogen-bond donors (Lipinski definition) is 0. The number of rotatable bonds is 2. The third-order valence-electron chi connectivity index (χ3n) is 7.38. The van der Waals surface area contributed by atoms with Gasteiger partial charge in [0.2, 0.25) is 5.95 Å². The van der Waals surface area contributed by atoms with Crippen LogP contribution in [-0.2, 0) is 23.0 Å². The fourth-order valence-electron chi connectivity index (χ4n) is 5.96. The number of nitrogens with zero attached hydrogens (tertiary/aromatic N) is 4. The molecule has 1 aliphatic heterocycles. The molecule has 3 atom stereocenters. The van der Waals surface area contributed by atoms with Gasteiger partial charge in [0.05, 0.1) is 25.1 Å². The first-order valence-electron chi connectivity index (χ1n) is 11.0. The fraction of sp³-hybridized carbons (Fsp3) is 0.458. The van der Waals surface area contributed by atoms with Gasteiger partial charge in [0.1, 0.15) is 5.76 Å². The number of fused-ring (bicyclic) bond motifs is 4. The maximum Gasteiger partial charge on any atom is 0.225 e. The lowest BCUT2D eigenvalue weighted by Crippen LogP contribution is -2.48. The zero-order valence-corrected chi connectivity index (χ0v) is 17.3. The van der Waals surface area contributed by atoms with Crippen LogP contribution in [0.3, 0.4) is 0 Å². The van der Waals surface area contributed by atoms with Crippen LogP contribution in [0.2, 0.25) is 0 Å². The molecule has 0 bridgehead atoms. The predicted molar refractivity (Wildman–Crippen MR) is 113 cm³/mol. The van der Waals surface area contributed by atoms with Crippen molar-refractivity contribution in [3.63, 3.8) is 0 Å². The number of morpholine rings is 1. The molecule has 1 fully saturated rings. The summed E-state index contributed by atoms with van der Waals surface area (Å²) in [6, 6.07) is 10.9. The zero-order chi connectivity index (χ0) is 20.1. The lowest BCUT2D eigenvalue weighted by Gasteiger charge is -2.50. The quantitative estimate of drug-likeness (QED) is 0.654. The minimum atomic E-state index is -0.184. The average Bonchev–Trinajstić information content (AvgIpc) is 3.28. The third kappa shape index (κ3) is 2.56. The highest BCUT2D eigenvalue weighted by atomic mass is 16.5. The predicted octanol–water partition coefficient (Wildman–Crippen LogP) is 3.51. The van der Waals surface area contributed by atoms with Crippen molar-refractivity contribution in [1.82, 2.24) is 15.1 Å². The zero-order valence-electron chi connectivity index (χ0n) is 17.3. The number of aryl methyl sites for hydroxylation is 1. The Morgan fingerprint density at radius 2 is 1.90 bits per heavy atom. The van der Waals surface area contributed by atoms with Gasteiger partial charge in [-0.25, -0.2) is 9.97 Å². The van der Waals surface area contributed by atoms with Gasteiger partial charge in [0, 0.05) is 36.2 Å². The van der Waals surface area contributed by atoms with E-state index < -0.39 is 0 Å². The van der Waals surface area contributed by atoms with Crippen molar-refractivity contribution in [2.45, 2.75) is 37.5 Å². The Kier molecular flexibility index (Phi) is 4.16. The molecule has 3 aliphatic rings. The van der Waals surface area contributed by atoms with Gasteiger partial charge < -0.3 is 14.2 Å². The highest BCUT2D eigenvalue weighted by Crippen LogP contribution is 2.56. The van der Waals surface area contributed by atoms with Gasteiger partial charge in [-0.2, -0.15) is 0 Å². The monoisotopic (exact) mass is 402 g/mol. The Morgan fingerprint density at radius 3 is 2.73 bits per heavy atom. The first kappa shape index (κ1) is 18.1. The summed E-state index contributed by atoms with van der Waals surface area (Å²) in [5, 5.41) is 4.15. The van der Waals surface area contributed by atoms with Crippen LogP contribution < -0.4 is 4.90 Å². The van der Waals surface area contributed by atoms with E-state index in [0.717, 1.165) is 57.3 Å². The molecule has 6 heteroatoms. The first-order valence-corrected chi connectivity index (χ1v) is 11.0. The van der Waals surface area contributed by atoms with Crippen molar-refractivity contribution in [3.8, 4) is 0 Å². The van der Waals surface area contributed by atoms with E-state index in [1.165, 1.54) is 22.4 Å². The standard InChI is InChI=1S/C24H26N4O2/c1-16-20-8-7-17-14-25-23(28-9-11-29-12-10-28)27-22(17)24(20,19-5-3-2-4-6-19)13-18-15-26-30-21(16)18/h2-6,14-16,20H,7-13H2,1H3/t16-,20-,24?/m0/s1. The van der Waals surface area contributed by atoms with Crippen LogP contribution in [0.4, 0.5) is 5.95 Å². The number of anilines is 1. The Morgan fingerprint density at radius 1 is 1.07 bits per heavy atom. The second-order valence-electron chi connectivity index (χ2n) is 8.81. The normalized spacial score (nSPS) is 27.8. The second-order valence-corrected chi connectivity index (χ2v) is 8.81. The Bertz CT molecular complexity index is 1060. The van der Waals surface area contributed by atoms with Gasteiger partial charge >= 0.3 is 0 Å². The summed E-state index contributed by atoms with van der Waals surface area (Å²) in [7, 11) is 0. The van der Waals surface area contributed by atoms with Gasteiger partial charge in [-0.15, -0.1) is 0 Å². The van der Waals surface area contributed by atoms with Crippen LogP contribution in [0.15, 0.2) is 47.2 Å². The molecule has 6 nitrogen and oxygen atoms in total. The molecule has 1 aromatic carbocycles. The highest BCUT2D eigenvalue weighted by Gasteiger charge is 2.53. The third-order valence-corrected chi connectivity index (χ3v) is 7.38. The van der Waals surface area contributed by atoms with E-state index in [-0.39, 0.29) is 5.41 Å². The molecule has 2 aromatic heterocycles. The van der Waals surface area contributed by atoms with Crippen molar-refractivity contribution >= 4 is 5.95 Å². The van der Waals surface area contributed by atoms with E-state index in [1.807, 2.05) is 6.20 Å². The van der Waals surface area contributed by atoms with Crippen molar-refractivity contribution in [2.24, 2.45) is 5.92 Å². The summed E-state index contributed by atoms with van der Waals surface area (Å²) in [5.41, 5.74) is 4.83. The van der Waals surface area contributed by atoms with Crippen LogP contribution in [0.5, 0.6) is 0 Å². The fourth-order valence-corrected chi connectivity index (χ4v) is 5.96. The summed E-state index contributed by atoms with van der Waals surface area (Å²) >= 11 is 0. The molecule has 0 saturated carbocycles. The Balaban J connectivity index is 1.57. The van der Waals surface area contributed by atoms with E-state index in [0.29, 0.717) is 11.8 Å². The number of benzene rings is 1. The van der Waals surface area contributed by atoms with E-state index in [2.05, 4.69) is 53.5 Å². The smallest absolute Gasteiger partial charge is 0.225 e. The number of aromatic nitrogens is 3. The van der Waals surface area contributed by atoms with Gasteiger partial charge in [0.25, 0.3) is 0 Å². The van der Waals surface area contributed by atoms with Crippen LogP contribution in [0.25, 0.3) is 0 Å². The number of ether oxygens (including phenoxy) is 1. The molecule has 6 rings (SSSR count). The van der Waals surface area contributed by atoms with Crippen LogP contribution in [-0.4, -0.2) is 41.4 Å². The molecule has 0 amide bonds. The topological polar surface area (TPSA) is 64.3 Å². The van der Waals surface area contributed by atoms with Crippen molar-refractivity contribution in [1.29, 1.82) is 0 Å². The number of hydrogen-bond acceptors (Lipinski definition) is 6. The average molecular weight is 402 g/mol. The van der Waals surface area contributed by atoms with Gasteiger partial charge in [-0.05, 0) is 36.3 Å². The summed E-state index contributed by atoms with van der Waals surface area (Å²) in [4.78, 5) is 12.3. The molecule has 2 aliphatic carbocycles. The van der Waals surface area contributed by atoms with Gasteiger partial charge in [-0.3, -0.25) is 0 Å². The highest BCUT2D eigenvalue weighted by molar-refractivity contribution is 5.50. The molecule has 3 heterocycles. The molecule has 154 valence electrons. The molecule has 1 unspecified atom stereocenters. The van der Waals surface area contributed by atoms with Crippen LogP contribution in [0, 0.1) is 5.92 Å². The molecular formula is C24H26N4O2. The Labute approximate surface area is 176 Å². The summed E-state index contributed by atoms with van der Waals surface area (Å²) in [6.07, 6.45) is 6.96. The minimum absolute atomic E-state index is 0.184. The SMILES string of the molecule is C[C@@H]1c2oncc2CC2(c3ccccc3)c3nc(N4CCOCC4)ncc3CC[C@@H]12. The largest absolute Gasteiger partial charge is 0.378 e. The molecule has 30 heavy (non-hydrogen) atoms. The molecule has 3 aromatic rings. The molecule has 0 spiro atoms. The lowest BCUT2D eigenvalue weighted by atomic mass is 9.53. The van der Waals surface area contributed by atoms with Crippen molar-refractivity contribution < 1.29 is 9.26 Å². The minimum Gasteiger partial charge on any atom is -0.378 e. The molecule has 0 radical (unpaired) electrons. The van der Waals surface area contributed by atoms with Gasteiger partial charge in [0.15, 0.2) is 0 Å². The maximum absolute atomic E-state index is 5.70. The first-order chi connectivity index (χ1) is 14.8. The second kappa shape index (κ2) is 6.91. The van der Waals surface area contributed by atoms with E-state index >= 15 is 0 Å². The summed E-state index contributed by atoms with van der Waals surface area (Å²) in [5.74, 6) is 2.60. The van der Waals surface area contributed by atoms with Crippen molar-refractivity contribution in [2.75, 3.05) is 31.2 Å². The molecule has 0 N–H and O–H groups in total. The van der Waals surface area contributed by atoms with Crippen LogP contribution in [0.1, 0.15) is 47.4 Å². The summed E-state index contributed by atoms with van der Waals surface area (Å²) < 4.78 is 11.2. The van der Waals surface area contributed by atoms with E-state index in [1.54, 1.807) is 0 Å². The van der Waals surface area contributed by atoms with E-state index in [9.17, 15) is 0 Å². The molecule has 1 saturated heterocycles. The van der Waals surface area contributed by atoms with Crippen LogP contribution >= 0.6 is 0 Å². The molecular weight excluding hydrogens is 376 g/mol. The van der Waals surface area contributed by atoms with Gasteiger partial charge in [-0.1, -0.05) is 42.4 Å². The lowest BCUT2D eigenvalue weighted by molar-refractivity contribution is 0.122. The van der Waals surface area contributed by atoms with E-state index in [4.69, 9.17) is 19.2 Å².